The van der Waals surface area contributed by atoms with Crippen molar-refractivity contribution in [3.63, 3.8) is 0 Å². The summed E-state index contributed by atoms with van der Waals surface area (Å²) in [6, 6.07) is -0.648. The molecule has 4 aromatic heterocycles. The van der Waals surface area contributed by atoms with Crippen LogP contribution >= 0.6 is 19.0 Å². The number of hydrogen-bond acceptors (Lipinski definition) is 14. The zero-order chi connectivity index (χ0) is 29.3. The molecule has 3 fully saturated rings. The van der Waals surface area contributed by atoms with Crippen LogP contribution in [0.15, 0.2) is 30.1 Å². The molecule has 1 saturated carbocycles. The van der Waals surface area contributed by atoms with E-state index in [0.717, 1.165) is 0 Å². The molecule has 17 nitrogen and oxygen atoms in total. The number of alkyl halides is 1. The fraction of sp³-hybridized carbons (Fsp3) is 0.545. The summed E-state index contributed by atoms with van der Waals surface area (Å²) in [7, 11) is 1.55. The molecule has 0 radical (unpaired) electrons. The van der Waals surface area contributed by atoms with Gasteiger partial charge in [0.05, 0.1) is 37.7 Å². The molecule has 9 atom stereocenters. The number of ether oxygens (including phenoxy) is 3. The molecule has 20 heteroatoms. The second kappa shape index (κ2) is 10.3. The van der Waals surface area contributed by atoms with E-state index in [1.54, 1.807) is 11.6 Å². The second-order valence-corrected chi connectivity index (χ2v) is 13.0. The van der Waals surface area contributed by atoms with Crippen molar-refractivity contribution < 1.29 is 37.3 Å². The SMILES string of the molecule is Cn1cnc2c(ncn2[C@@H]2C[C@@H]3OP(=O)(S)O[C@H]4[C@@H](F)[C@H](n5cnc6c(N)ncnc65)O[C@@H]4COCO[C@@H]2[C@@H]3O)c1=O. The molecule has 7 rings (SSSR count). The van der Waals surface area contributed by atoms with Crippen LogP contribution in [0.3, 0.4) is 0 Å². The van der Waals surface area contributed by atoms with Gasteiger partial charge in [0, 0.05) is 13.5 Å². The number of aliphatic hydroxyl groups excluding tert-OH is 1. The zero-order valence-electron chi connectivity index (χ0n) is 21.8. The summed E-state index contributed by atoms with van der Waals surface area (Å²) in [4.78, 5) is 33.2. The van der Waals surface area contributed by atoms with Gasteiger partial charge in [-0.3, -0.25) is 18.4 Å². The monoisotopic (exact) mass is 625 g/mol. The lowest BCUT2D eigenvalue weighted by Gasteiger charge is -2.28. The van der Waals surface area contributed by atoms with Gasteiger partial charge in [-0.2, -0.15) is 0 Å². The maximum atomic E-state index is 15.9. The van der Waals surface area contributed by atoms with Crippen molar-refractivity contribution in [2.75, 3.05) is 19.1 Å². The number of aromatic nitrogens is 8. The van der Waals surface area contributed by atoms with Crippen LogP contribution < -0.4 is 11.3 Å². The number of imidazole rings is 2. The number of nitrogens with zero attached hydrogens (tertiary/aromatic N) is 8. The number of aryl methyl sites for hydroxylation is 1. The molecule has 6 heterocycles. The van der Waals surface area contributed by atoms with Crippen LogP contribution in [0.25, 0.3) is 22.3 Å². The van der Waals surface area contributed by atoms with Gasteiger partial charge >= 0.3 is 6.80 Å². The summed E-state index contributed by atoms with van der Waals surface area (Å²) < 4.78 is 62.5. The van der Waals surface area contributed by atoms with Gasteiger partial charge in [-0.25, -0.2) is 33.9 Å². The van der Waals surface area contributed by atoms with Gasteiger partial charge in [-0.1, -0.05) is 12.2 Å². The second-order valence-electron chi connectivity index (χ2n) is 10.2. The Bertz CT molecular complexity index is 1770. The summed E-state index contributed by atoms with van der Waals surface area (Å²) in [5.74, 6) is 0.109. The van der Waals surface area contributed by atoms with Gasteiger partial charge in [0.25, 0.3) is 5.56 Å². The van der Waals surface area contributed by atoms with Crippen molar-refractivity contribution in [1.82, 2.24) is 38.6 Å². The molecular formula is C22H25FN9O8PS. The largest absolute Gasteiger partial charge is 0.388 e. The minimum absolute atomic E-state index is 0.0521. The molecule has 0 spiro atoms. The van der Waals surface area contributed by atoms with E-state index >= 15 is 4.39 Å². The first-order chi connectivity index (χ1) is 20.1. The van der Waals surface area contributed by atoms with Crippen LogP contribution in [0.5, 0.6) is 0 Å². The van der Waals surface area contributed by atoms with Crippen LogP contribution in [0, 0.1) is 0 Å². The lowest BCUT2D eigenvalue weighted by molar-refractivity contribution is -0.155. The number of nitrogen functional groups attached to an aromatic ring is 1. The van der Waals surface area contributed by atoms with Crippen molar-refractivity contribution in [3.8, 4) is 0 Å². The highest BCUT2D eigenvalue weighted by Crippen LogP contribution is 2.59. The van der Waals surface area contributed by atoms with Crippen molar-refractivity contribution in [3.05, 3.63) is 35.7 Å². The van der Waals surface area contributed by atoms with Gasteiger partial charge in [0.2, 0.25) is 0 Å². The highest BCUT2D eigenvalue weighted by atomic mass is 32.7. The first-order valence-electron chi connectivity index (χ1n) is 12.8. The molecule has 2 aliphatic heterocycles. The Balaban J connectivity index is 1.17. The van der Waals surface area contributed by atoms with Crippen LogP contribution in [-0.2, 0) is 34.9 Å². The smallest absolute Gasteiger partial charge is 0.386 e. The quantitative estimate of drug-likeness (QED) is 0.202. The van der Waals surface area contributed by atoms with E-state index in [1.165, 1.54) is 34.4 Å². The zero-order valence-corrected chi connectivity index (χ0v) is 23.6. The van der Waals surface area contributed by atoms with Crippen molar-refractivity contribution >= 4 is 47.2 Å². The minimum atomic E-state index is -4.32. The van der Waals surface area contributed by atoms with Gasteiger partial charge in [0.15, 0.2) is 35.0 Å². The van der Waals surface area contributed by atoms with Gasteiger partial charge < -0.3 is 34.2 Å². The molecule has 0 amide bonds. The third-order valence-electron chi connectivity index (χ3n) is 7.65. The van der Waals surface area contributed by atoms with E-state index in [2.05, 4.69) is 37.2 Å². The van der Waals surface area contributed by atoms with Gasteiger partial charge in [0.1, 0.15) is 43.1 Å². The average molecular weight is 626 g/mol. The van der Waals surface area contributed by atoms with Crippen molar-refractivity contribution in [2.45, 2.75) is 55.4 Å². The third-order valence-corrected chi connectivity index (χ3v) is 9.26. The summed E-state index contributed by atoms with van der Waals surface area (Å²) in [5.41, 5.74) is 6.39. The first-order valence-corrected chi connectivity index (χ1v) is 15.5. The Morgan fingerprint density at radius 3 is 2.64 bits per heavy atom. The third kappa shape index (κ3) is 4.51. The predicted molar refractivity (Wildman–Crippen MR) is 143 cm³/mol. The molecule has 0 aromatic carbocycles. The minimum Gasteiger partial charge on any atom is -0.388 e. The molecule has 3 N–H and O–H groups in total. The maximum absolute atomic E-state index is 15.9. The molecule has 2 bridgehead atoms. The molecule has 42 heavy (non-hydrogen) atoms. The Morgan fingerprint density at radius 2 is 1.81 bits per heavy atom. The van der Waals surface area contributed by atoms with Gasteiger partial charge in [-0.05, 0) is 0 Å². The fourth-order valence-electron chi connectivity index (χ4n) is 5.65. The Morgan fingerprint density at radius 1 is 1.05 bits per heavy atom. The number of hydrogen-bond donors (Lipinski definition) is 3. The number of fused-ring (bicyclic) bond motifs is 5. The van der Waals surface area contributed by atoms with E-state index in [-0.39, 0.29) is 53.5 Å². The number of rotatable bonds is 2. The standard InChI is InChI=1S/C22H25FN9O8PS/c1-30-5-29-20-14(21(30)34)28-6-31(20)9-2-10-15(33)16(9)37-8-36-3-11-17(40-41(35,42)39-10)12(23)22(38-11)32-7-27-13-18(24)25-4-26-19(13)32/h4-7,9-12,15-17,22,33H,2-3,8H2,1H3,(H,35,42)(H2,24,25,26)/t9-,10+,11-,12-,15-,16+,17-,22-,41?/m1/s1. The Kier molecular flexibility index (Phi) is 6.82. The van der Waals surface area contributed by atoms with E-state index in [4.69, 9.17) is 29.0 Å². The van der Waals surface area contributed by atoms with Gasteiger partial charge in [-0.15, -0.1) is 0 Å². The molecular weight excluding hydrogens is 600 g/mol. The van der Waals surface area contributed by atoms with Crippen molar-refractivity contribution in [1.29, 1.82) is 0 Å². The number of aliphatic hydroxyl groups is 1. The molecule has 3 aliphatic rings. The molecule has 2 saturated heterocycles. The average Bonchev–Trinajstić information content (AvgIpc) is 3.70. The van der Waals surface area contributed by atoms with E-state index in [0.29, 0.717) is 0 Å². The summed E-state index contributed by atoms with van der Waals surface area (Å²) in [6.45, 7) is -4.87. The number of nitrogens with two attached hydrogens (primary N) is 1. The van der Waals surface area contributed by atoms with Crippen molar-refractivity contribution in [2.24, 2.45) is 7.05 Å². The molecule has 4 aromatic rings. The highest BCUT2D eigenvalue weighted by molar-refractivity contribution is 8.44. The lowest BCUT2D eigenvalue weighted by atomic mass is 10.1. The predicted octanol–water partition coefficient (Wildman–Crippen LogP) is 0.274. The van der Waals surface area contributed by atoms with Crippen LogP contribution in [0.4, 0.5) is 10.2 Å². The molecule has 1 aliphatic carbocycles. The summed E-state index contributed by atoms with van der Waals surface area (Å²) in [6.07, 6.45) is -3.73. The molecule has 1 unspecified atom stereocenters. The fourth-order valence-corrected chi connectivity index (χ4v) is 7.50. The summed E-state index contributed by atoms with van der Waals surface area (Å²) in [5, 5.41) is 11.1. The normalized spacial score (nSPS) is 35.7. The van der Waals surface area contributed by atoms with Crippen LogP contribution in [0.2, 0.25) is 0 Å². The number of thiol groups is 1. The van der Waals surface area contributed by atoms with Crippen LogP contribution in [-0.4, -0.2) is 93.8 Å². The number of halogens is 1. The topological polar surface area (TPSA) is 206 Å². The van der Waals surface area contributed by atoms with Crippen LogP contribution in [0.1, 0.15) is 18.7 Å². The highest BCUT2D eigenvalue weighted by Gasteiger charge is 2.53. The Hall–Kier alpha value is -3.03. The molecule has 224 valence electrons. The number of anilines is 1. The van der Waals surface area contributed by atoms with E-state index in [1.807, 2.05) is 0 Å². The van der Waals surface area contributed by atoms with E-state index < -0.39 is 55.8 Å². The first kappa shape index (κ1) is 27.8. The van der Waals surface area contributed by atoms with E-state index in [9.17, 15) is 14.5 Å². The summed E-state index contributed by atoms with van der Waals surface area (Å²) >= 11 is 4.10. The lowest BCUT2D eigenvalue weighted by Crippen LogP contribution is -2.38. The Labute approximate surface area is 240 Å². The maximum Gasteiger partial charge on any atom is 0.386 e.